The number of hydrogen-bond acceptors (Lipinski definition) is 1. The number of fused-ring (bicyclic) bond motifs is 1. The van der Waals surface area contributed by atoms with Crippen LogP contribution in [0.2, 0.25) is 0 Å². The number of hydrogen-bond donors (Lipinski definition) is 1. The minimum absolute atomic E-state index is 0.0990. The fraction of sp³-hybridized carbons (Fsp3) is 0.182. The predicted octanol–water partition coefficient (Wildman–Crippen LogP) is 3.00. The Hall–Kier alpha value is -1.28. The number of nitrogens with one attached hydrogen (secondary N) is 1. The zero-order valence-electron chi connectivity index (χ0n) is 7.80. The van der Waals surface area contributed by atoms with Crippen molar-refractivity contribution in [2.75, 3.05) is 5.32 Å². The maximum absolute atomic E-state index is 11.6. The number of para-hydroxylation sites is 1. The zero-order chi connectivity index (χ0) is 10.1. The fourth-order valence-electron chi connectivity index (χ4n) is 1.56. The third-order valence-electron chi connectivity index (χ3n) is 2.25. The van der Waals surface area contributed by atoms with Gasteiger partial charge in [0.05, 0.1) is 5.57 Å². The molecular formula is C11H10ClNO. The Labute approximate surface area is 87.6 Å². The molecule has 0 aromatic heterocycles. The van der Waals surface area contributed by atoms with E-state index in [1.165, 1.54) is 0 Å². The highest BCUT2D eigenvalue weighted by Crippen LogP contribution is 2.35. The molecule has 0 fully saturated rings. The summed E-state index contributed by atoms with van der Waals surface area (Å²) in [4.78, 5) is 11.6. The summed E-state index contributed by atoms with van der Waals surface area (Å²) in [5.74, 6) is -0.0990. The Morgan fingerprint density at radius 3 is 2.86 bits per heavy atom. The van der Waals surface area contributed by atoms with E-state index in [4.69, 9.17) is 11.6 Å². The number of anilines is 1. The van der Waals surface area contributed by atoms with Crippen molar-refractivity contribution >= 4 is 28.8 Å². The van der Waals surface area contributed by atoms with Crippen LogP contribution in [-0.4, -0.2) is 5.91 Å². The first-order valence-corrected chi connectivity index (χ1v) is 4.91. The van der Waals surface area contributed by atoms with Crippen molar-refractivity contribution in [2.24, 2.45) is 0 Å². The number of benzene rings is 1. The molecule has 1 aliphatic heterocycles. The van der Waals surface area contributed by atoms with Crippen molar-refractivity contribution in [1.82, 2.24) is 0 Å². The first-order valence-electron chi connectivity index (χ1n) is 4.53. The van der Waals surface area contributed by atoms with Crippen molar-refractivity contribution in [3.8, 4) is 0 Å². The largest absolute Gasteiger partial charge is 0.321 e. The van der Waals surface area contributed by atoms with Crippen molar-refractivity contribution in [1.29, 1.82) is 0 Å². The molecule has 0 bridgehead atoms. The van der Waals surface area contributed by atoms with E-state index in [0.29, 0.717) is 17.0 Å². The molecule has 0 unspecified atom stereocenters. The van der Waals surface area contributed by atoms with Gasteiger partial charge in [0, 0.05) is 16.3 Å². The Balaban J connectivity index is 2.61. The van der Waals surface area contributed by atoms with Crippen molar-refractivity contribution in [3.63, 3.8) is 0 Å². The molecule has 0 radical (unpaired) electrons. The van der Waals surface area contributed by atoms with E-state index < -0.39 is 0 Å². The van der Waals surface area contributed by atoms with Crippen LogP contribution < -0.4 is 5.32 Å². The van der Waals surface area contributed by atoms with Crippen molar-refractivity contribution in [3.05, 3.63) is 34.9 Å². The van der Waals surface area contributed by atoms with Gasteiger partial charge in [0.25, 0.3) is 5.91 Å². The number of halogens is 1. The highest BCUT2D eigenvalue weighted by Gasteiger charge is 2.25. The topological polar surface area (TPSA) is 29.1 Å². The molecule has 1 N–H and O–H groups in total. The smallest absolute Gasteiger partial charge is 0.257 e. The van der Waals surface area contributed by atoms with E-state index in [0.717, 1.165) is 11.3 Å². The summed E-state index contributed by atoms with van der Waals surface area (Å²) in [7, 11) is 0. The molecule has 0 atom stereocenters. The standard InChI is InChI=1S/C11H10ClNO/c1-2-8(12)10-7-5-3-4-6-9(7)13-11(10)14/h3-6H,2H2,1H3,(H,13,14)/b10-8+. The van der Waals surface area contributed by atoms with Crippen LogP contribution in [0.3, 0.4) is 0 Å². The van der Waals surface area contributed by atoms with Crippen LogP contribution in [0.1, 0.15) is 18.9 Å². The molecule has 0 aliphatic carbocycles. The van der Waals surface area contributed by atoms with Crippen LogP contribution >= 0.6 is 11.6 Å². The monoisotopic (exact) mass is 207 g/mol. The van der Waals surface area contributed by atoms with Gasteiger partial charge < -0.3 is 5.32 Å². The van der Waals surface area contributed by atoms with Gasteiger partial charge in [0.1, 0.15) is 0 Å². The molecule has 3 heteroatoms. The predicted molar refractivity (Wildman–Crippen MR) is 58.1 cm³/mol. The quantitative estimate of drug-likeness (QED) is 0.705. The summed E-state index contributed by atoms with van der Waals surface area (Å²) in [6, 6.07) is 7.57. The summed E-state index contributed by atoms with van der Waals surface area (Å²) in [5, 5.41) is 3.40. The lowest BCUT2D eigenvalue weighted by Crippen LogP contribution is -2.04. The van der Waals surface area contributed by atoms with Crippen LogP contribution in [0, 0.1) is 0 Å². The molecule has 0 saturated heterocycles. The highest BCUT2D eigenvalue weighted by atomic mass is 35.5. The van der Waals surface area contributed by atoms with Crippen LogP contribution in [0.4, 0.5) is 5.69 Å². The molecule has 0 saturated carbocycles. The molecule has 2 nitrogen and oxygen atoms in total. The lowest BCUT2D eigenvalue weighted by Gasteiger charge is -1.99. The zero-order valence-corrected chi connectivity index (χ0v) is 8.56. The number of amides is 1. The van der Waals surface area contributed by atoms with E-state index in [-0.39, 0.29) is 5.91 Å². The van der Waals surface area contributed by atoms with Gasteiger partial charge in [-0.15, -0.1) is 0 Å². The van der Waals surface area contributed by atoms with Gasteiger partial charge in [-0.3, -0.25) is 4.79 Å². The minimum Gasteiger partial charge on any atom is -0.321 e. The molecule has 72 valence electrons. The van der Waals surface area contributed by atoms with E-state index in [1.54, 1.807) is 0 Å². The van der Waals surface area contributed by atoms with Gasteiger partial charge in [-0.05, 0) is 12.5 Å². The van der Waals surface area contributed by atoms with Gasteiger partial charge in [-0.2, -0.15) is 0 Å². The second-order valence-electron chi connectivity index (χ2n) is 3.13. The van der Waals surface area contributed by atoms with Crippen LogP contribution in [0.15, 0.2) is 29.3 Å². The van der Waals surface area contributed by atoms with Crippen LogP contribution in [0.5, 0.6) is 0 Å². The average Bonchev–Trinajstić information content (AvgIpc) is 2.53. The van der Waals surface area contributed by atoms with E-state index >= 15 is 0 Å². The lowest BCUT2D eigenvalue weighted by atomic mass is 10.1. The van der Waals surface area contributed by atoms with Gasteiger partial charge in [0.15, 0.2) is 0 Å². The molecular weight excluding hydrogens is 198 g/mol. The van der Waals surface area contributed by atoms with Crippen molar-refractivity contribution < 1.29 is 4.79 Å². The maximum atomic E-state index is 11.6. The summed E-state index contributed by atoms with van der Waals surface area (Å²) in [6.07, 6.45) is 0.679. The summed E-state index contributed by atoms with van der Waals surface area (Å²) >= 11 is 6.01. The Kier molecular flexibility index (Phi) is 2.30. The molecule has 2 rings (SSSR count). The van der Waals surface area contributed by atoms with E-state index in [2.05, 4.69) is 5.32 Å². The van der Waals surface area contributed by atoms with Crippen molar-refractivity contribution in [2.45, 2.75) is 13.3 Å². The average molecular weight is 208 g/mol. The molecule has 1 aliphatic rings. The maximum Gasteiger partial charge on any atom is 0.257 e. The Morgan fingerprint density at radius 1 is 1.43 bits per heavy atom. The highest BCUT2D eigenvalue weighted by molar-refractivity contribution is 6.43. The molecule has 1 amide bonds. The summed E-state index contributed by atoms with van der Waals surface area (Å²) in [5.41, 5.74) is 2.37. The third-order valence-corrected chi connectivity index (χ3v) is 2.71. The Morgan fingerprint density at radius 2 is 2.14 bits per heavy atom. The molecule has 1 aromatic rings. The van der Waals surface area contributed by atoms with E-state index in [9.17, 15) is 4.79 Å². The summed E-state index contributed by atoms with van der Waals surface area (Å²) < 4.78 is 0. The second-order valence-corrected chi connectivity index (χ2v) is 3.59. The van der Waals surface area contributed by atoms with Crippen LogP contribution in [0.25, 0.3) is 5.57 Å². The van der Waals surface area contributed by atoms with Crippen LogP contribution in [-0.2, 0) is 4.79 Å². The number of carbonyl (C=O) groups excluding carboxylic acids is 1. The lowest BCUT2D eigenvalue weighted by molar-refractivity contribution is -0.110. The SMILES string of the molecule is CC/C(Cl)=C1\C(=O)Nc2ccccc21. The molecule has 1 heterocycles. The van der Waals surface area contributed by atoms with Gasteiger partial charge in [-0.25, -0.2) is 0 Å². The number of allylic oxidation sites excluding steroid dienone is 1. The normalized spacial score (nSPS) is 17.7. The molecule has 0 spiro atoms. The van der Waals surface area contributed by atoms with Gasteiger partial charge in [0.2, 0.25) is 0 Å². The molecule has 1 aromatic carbocycles. The fourth-order valence-corrected chi connectivity index (χ4v) is 1.75. The number of carbonyl (C=O) groups is 1. The third kappa shape index (κ3) is 1.32. The number of rotatable bonds is 1. The summed E-state index contributed by atoms with van der Waals surface area (Å²) in [6.45, 7) is 1.93. The first kappa shape index (κ1) is 9.28. The minimum atomic E-state index is -0.0990. The first-order chi connectivity index (χ1) is 6.74. The molecule has 14 heavy (non-hydrogen) atoms. The second kappa shape index (κ2) is 3.46. The van der Waals surface area contributed by atoms with E-state index in [1.807, 2.05) is 31.2 Å². The Bertz CT molecular complexity index is 423. The van der Waals surface area contributed by atoms with Gasteiger partial charge >= 0.3 is 0 Å². The van der Waals surface area contributed by atoms with Gasteiger partial charge in [-0.1, -0.05) is 36.7 Å².